The van der Waals surface area contributed by atoms with Gasteiger partial charge in [-0.15, -0.1) is 0 Å². The number of hydrogen-bond donors (Lipinski definition) is 2. The SMILES string of the molecule is CCCCC[C@H](O)/C=C/[C@@H]1[C@H]2CC(CCOCC(=O)N3CCCC3)=C[C@H]2C[C@H]1O. The number of unbranched alkanes of at least 4 members (excludes halogenated alkanes) is 2. The molecule has 0 radical (unpaired) electrons. The molecule has 5 nitrogen and oxygen atoms in total. The molecule has 0 unspecified atom stereocenters. The van der Waals surface area contributed by atoms with Crippen molar-refractivity contribution in [3.05, 3.63) is 23.8 Å². The van der Waals surface area contributed by atoms with Crippen molar-refractivity contribution in [3.63, 3.8) is 0 Å². The molecule has 5 atom stereocenters. The van der Waals surface area contributed by atoms with E-state index in [1.54, 1.807) is 0 Å². The Morgan fingerprint density at radius 2 is 2.14 bits per heavy atom. The van der Waals surface area contributed by atoms with Gasteiger partial charge in [0.1, 0.15) is 6.61 Å². The summed E-state index contributed by atoms with van der Waals surface area (Å²) in [6.07, 6.45) is 14.6. The van der Waals surface area contributed by atoms with Crippen molar-refractivity contribution in [1.29, 1.82) is 0 Å². The summed E-state index contributed by atoms with van der Waals surface area (Å²) in [5.41, 5.74) is 1.39. The third-order valence-corrected chi connectivity index (χ3v) is 6.86. The number of rotatable bonds is 11. The number of carbonyl (C=O) groups excluding carboxylic acids is 1. The predicted octanol–water partition coefficient (Wildman–Crippen LogP) is 3.46. The van der Waals surface area contributed by atoms with Crippen molar-refractivity contribution in [3.8, 4) is 0 Å². The van der Waals surface area contributed by atoms with Crippen LogP contribution in [-0.2, 0) is 9.53 Å². The van der Waals surface area contributed by atoms with Gasteiger partial charge in [-0.1, -0.05) is 50.0 Å². The van der Waals surface area contributed by atoms with Crippen LogP contribution in [0.1, 0.15) is 64.7 Å². The highest BCUT2D eigenvalue weighted by Crippen LogP contribution is 2.47. The van der Waals surface area contributed by atoms with Gasteiger partial charge in [0.15, 0.2) is 0 Å². The van der Waals surface area contributed by atoms with Gasteiger partial charge in [-0.3, -0.25) is 4.79 Å². The fourth-order valence-corrected chi connectivity index (χ4v) is 5.17. The van der Waals surface area contributed by atoms with Crippen LogP contribution in [0.15, 0.2) is 23.8 Å². The van der Waals surface area contributed by atoms with Gasteiger partial charge in [0.2, 0.25) is 5.91 Å². The van der Waals surface area contributed by atoms with Crippen LogP contribution in [0.5, 0.6) is 0 Å². The minimum Gasteiger partial charge on any atom is -0.392 e. The van der Waals surface area contributed by atoms with Gasteiger partial charge in [-0.05, 0) is 50.4 Å². The summed E-state index contributed by atoms with van der Waals surface area (Å²) in [6.45, 7) is 4.70. The Morgan fingerprint density at radius 3 is 2.90 bits per heavy atom. The van der Waals surface area contributed by atoms with Crippen LogP contribution < -0.4 is 0 Å². The fourth-order valence-electron chi connectivity index (χ4n) is 5.17. The molecule has 29 heavy (non-hydrogen) atoms. The van der Waals surface area contributed by atoms with Gasteiger partial charge in [0.25, 0.3) is 0 Å². The van der Waals surface area contributed by atoms with Crippen molar-refractivity contribution in [2.24, 2.45) is 17.8 Å². The van der Waals surface area contributed by atoms with E-state index in [4.69, 9.17) is 4.74 Å². The standard InChI is InChI=1S/C24H39NO4/c1-2-3-4-7-20(26)8-9-21-22-15-18(14-19(22)16-23(21)27)10-13-29-17-24(28)25-11-5-6-12-25/h8-9,14,19-23,26-27H,2-7,10-13,15-17H2,1H3/b9-8+/t19-,20-,21+,22-,23+/m0/s1. The topological polar surface area (TPSA) is 70.0 Å². The summed E-state index contributed by atoms with van der Waals surface area (Å²) >= 11 is 0. The fraction of sp³-hybridized carbons (Fsp3) is 0.792. The van der Waals surface area contributed by atoms with Crippen LogP contribution in [-0.4, -0.2) is 59.5 Å². The second-order valence-electron chi connectivity index (χ2n) is 9.08. The Kier molecular flexibility index (Phi) is 8.76. The molecule has 1 saturated heterocycles. The average molecular weight is 406 g/mol. The van der Waals surface area contributed by atoms with Gasteiger partial charge in [-0.25, -0.2) is 0 Å². The van der Waals surface area contributed by atoms with E-state index in [2.05, 4.69) is 19.1 Å². The first-order valence-corrected chi connectivity index (χ1v) is 11.7. The monoisotopic (exact) mass is 405 g/mol. The number of fused-ring (bicyclic) bond motifs is 1. The second-order valence-corrected chi connectivity index (χ2v) is 9.08. The van der Waals surface area contributed by atoms with Gasteiger partial charge in [0.05, 0.1) is 18.8 Å². The van der Waals surface area contributed by atoms with Crippen LogP contribution in [0.3, 0.4) is 0 Å². The molecule has 1 heterocycles. The average Bonchev–Trinajstić information content (AvgIpc) is 3.41. The molecule has 2 fully saturated rings. The number of aliphatic hydroxyl groups excluding tert-OH is 2. The quantitative estimate of drug-likeness (QED) is 0.408. The molecule has 3 rings (SSSR count). The highest BCUT2D eigenvalue weighted by atomic mass is 16.5. The van der Waals surface area contributed by atoms with Gasteiger partial charge < -0.3 is 19.8 Å². The van der Waals surface area contributed by atoms with Crippen molar-refractivity contribution >= 4 is 5.91 Å². The molecule has 164 valence electrons. The molecule has 1 amide bonds. The molecule has 1 aliphatic heterocycles. The molecule has 3 aliphatic rings. The molecular weight excluding hydrogens is 366 g/mol. The van der Waals surface area contributed by atoms with E-state index >= 15 is 0 Å². The molecule has 2 N–H and O–H groups in total. The van der Waals surface area contributed by atoms with Crippen molar-refractivity contribution < 1.29 is 19.7 Å². The zero-order chi connectivity index (χ0) is 20.6. The highest BCUT2D eigenvalue weighted by molar-refractivity contribution is 5.77. The van der Waals surface area contributed by atoms with Crippen LogP contribution >= 0.6 is 0 Å². The van der Waals surface area contributed by atoms with E-state index in [9.17, 15) is 15.0 Å². The molecule has 5 heteroatoms. The molecule has 0 aromatic heterocycles. The van der Waals surface area contributed by atoms with E-state index in [1.165, 1.54) is 5.57 Å². The van der Waals surface area contributed by atoms with Gasteiger partial charge in [0, 0.05) is 19.0 Å². The maximum Gasteiger partial charge on any atom is 0.248 e. The van der Waals surface area contributed by atoms with E-state index in [0.717, 1.165) is 70.9 Å². The zero-order valence-electron chi connectivity index (χ0n) is 18.0. The Bertz CT molecular complexity index is 581. The maximum absolute atomic E-state index is 12.0. The van der Waals surface area contributed by atoms with E-state index in [0.29, 0.717) is 18.4 Å². The lowest BCUT2D eigenvalue weighted by Crippen LogP contribution is -2.31. The first-order chi connectivity index (χ1) is 14.1. The maximum atomic E-state index is 12.0. The minimum absolute atomic E-state index is 0.116. The van der Waals surface area contributed by atoms with Gasteiger partial charge in [-0.2, -0.15) is 0 Å². The first-order valence-electron chi connectivity index (χ1n) is 11.7. The number of carbonyl (C=O) groups is 1. The summed E-state index contributed by atoms with van der Waals surface area (Å²) in [6, 6.07) is 0. The molecule has 0 bridgehead atoms. The third kappa shape index (κ3) is 6.40. The summed E-state index contributed by atoms with van der Waals surface area (Å²) in [5, 5.41) is 20.6. The second kappa shape index (κ2) is 11.3. The van der Waals surface area contributed by atoms with Crippen LogP contribution in [0, 0.1) is 17.8 Å². The summed E-state index contributed by atoms with van der Waals surface area (Å²) in [4.78, 5) is 13.9. The lowest BCUT2D eigenvalue weighted by molar-refractivity contribution is -0.135. The number of nitrogens with zero attached hydrogens (tertiary/aromatic N) is 1. The largest absolute Gasteiger partial charge is 0.392 e. The Morgan fingerprint density at radius 1 is 1.34 bits per heavy atom. The first kappa shape index (κ1) is 22.5. The van der Waals surface area contributed by atoms with Crippen LogP contribution in [0.25, 0.3) is 0 Å². The number of hydrogen-bond acceptors (Lipinski definition) is 4. The van der Waals surface area contributed by atoms with E-state index < -0.39 is 6.10 Å². The predicted molar refractivity (Wildman–Crippen MR) is 114 cm³/mol. The molecule has 0 aromatic carbocycles. The molecule has 0 spiro atoms. The van der Waals surface area contributed by atoms with Gasteiger partial charge >= 0.3 is 0 Å². The van der Waals surface area contributed by atoms with Crippen LogP contribution in [0.2, 0.25) is 0 Å². The lowest BCUT2D eigenvalue weighted by atomic mass is 9.88. The summed E-state index contributed by atoms with van der Waals surface area (Å²) in [7, 11) is 0. The molecule has 0 aromatic rings. The number of likely N-dealkylation sites (tertiary alicyclic amines) is 1. The number of amides is 1. The molecule has 2 aliphatic carbocycles. The third-order valence-electron chi connectivity index (χ3n) is 6.86. The van der Waals surface area contributed by atoms with E-state index in [1.807, 2.05) is 11.0 Å². The van der Waals surface area contributed by atoms with Crippen molar-refractivity contribution in [1.82, 2.24) is 4.90 Å². The van der Waals surface area contributed by atoms with Crippen molar-refractivity contribution in [2.75, 3.05) is 26.3 Å². The Hall–Kier alpha value is -1.17. The van der Waals surface area contributed by atoms with Crippen LogP contribution in [0.4, 0.5) is 0 Å². The normalized spacial score (nSPS) is 30.2. The number of ether oxygens (including phenoxy) is 1. The summed E-state index contributed by atoms with van der Waals surface area (Å²) < 4.78 is 5.64. The lowest BCUT2D eigenvalue weighted by Gasteiger charge is -2.19. The summed E-state index contributed by atoms with van der Waals surface area (Å²) in [5.74, 6) is 1.11. The Labute approximate surface area is 175 Å². The number of aliphatic hydroxyl groups is 2. The van der Waals surface area contributed by atoms with Crippen molar-refractivity contribution in [2.45, 2.75) is 76.9 Å². The molecule has 1 saturated carbocycles. The van der Waals surface area contributed by atoms with E-state index in [-0.39, 0.29) is 24.5 Å². The zero-order valence-corrected chi connectivity index (χ0v) is 18.0. The smallest absolute Gasteiger partial charge is 0.248 e. The highest BCUT2D eigenvalue weighted by Gasteiger charge is 2.43. The number of allylic oxidation sites excluding steroid dienone is 1. The molecular formula is C24H39NO4. The Balaban J connectivity index is 1.38. The minimum atomic E-state index is -0.400.